The number of ether oxygens (including phenoxy) is 1. The first-order valence-electron chi connectivity index (χ1n) is 6.07. The number of rotatable bonds is 4. The summed E-state index contributed by atoms with van der Waals surface area (Å²) in [4.78, 5) is 10.9. The summed E-state index contributed by atoms with van der Waals surface area (Å²) in [6.45, 7) is 1.47. The average Bonchev–Trinajstić information content (AvgIpc) is 2.43. The van der Waals surface area contributed by atoms with Gasteiger partial charge in [-0.25, -0.2) is 0 Å². The van der Waals surface area contributed by atoms with E-state index in [0.29, 0.717) is 11.5 Å². The van der Waals surface area contributed by atoms with Crippen molar-refractivity contribution in [1.29, 1.82) is 0 Å². The molecule has 0 atom stereocenters. The normalized spacial score (nSPS) is 10.4. The van der Waals surface area contributed by atoms with Gasteiger partial charge in [0.2, 0.25) is 5.91 Å². The summed E-state index contributed by atoms with van der Waals surface area (Å²) in [7, 11) is 0. The van der Waals surface area contributed by atoms with Gasteiger partial charge < -0.3 is 15.9 Å². The van der Waals surface area contributed by atoms with Gasteiger partial charge in [0.15, 0.2) is 0 Å². The third kappa shape index (κ3) is 3.58. The molecule has 0 aliphatic heterocycles. The SMILES string of the molecule is CC(=O)Nc1ccc(Oc2ccccc2C=NN)cc1. The maximum Gasteiger partial charge on any atom is 0.221 e. The minimum absolute atomic E-state index is 0.108. The Bertz CT molecular complexity index is 621. The van der Waals surface area contributed by atoms with E-state index >= 15 is 0 Å². The van der Waals surface area contributed by atoms with E-state index in [9.17, 15) is 4.79 Å². The van der Waals surface area contributed by atoms with Gasteiger partial charge in [0.25, 0.3) is 0 Å². The van der Waals surface area contributed by atoms with Crippen molar-refractivity contribution < 1.29 is 9.53 Å². The number of hydrogen-bond acceptors (Lipinski definition) is 4. The molecule has 0 unspecified atom stereocenters. The fourth-order valence-electron chi connectivity index (χ4n) is 1.70. The van der Waals surface area contributed by atoms with Gasteiger partial charge in [-0.2, -0.15) is 5.10 Å². The maximum absolute atomic E-state index is 10.9. The smallest absolute Gasteiger partial charge is 0.221 e. The second-order valence-corrected chi connectivity index (χ2v) is 4.12. The molecule has 0 saturated heterocycles. The summed E-state index contributed by atoms with van der Waals surface area (Å²) >= 11 is 0. The Balaban J connectivity index is 2.16. The number of carbonyl (C=O) groups is 1. The highest BCUT2D eigenvalue weighted by Gasteiger charge is 2.03. The molecule has 20 heavy (non-hydrogen) atoms. The summed E-state index contributed by atoms with van der Waals surface area (Å²) in [6.07, 6.45) is 1.53. The van der Waals surface area contributed by atoms with Gasteiger partial charge in [0.05, 0.1) is 6.21 Å². The third-order valence-corrected chi connectivity index (χ3v) is 2.54. The molecule has 0 saturated carbocycles. The van der Waals surface area contributed by atoms with Crippen molar-refractivity contribution in [3.05, 3.63) is 54.1 Å². The third-order valence-electron chi connectivity index (χ3n) is 2.54. The van der Waals surface area contributed by atoms with Crippen molar-refractivity contribution in [2.24, 2.45) is 10.9 Å². The first-order chi connectivity index (χ1) is 9.69. The van der Waals surface area contributed by atoms with Crippen LogP contribution in [0.5, 0.6) is 11.5 Å². The Hall–Kier alpha value is -2.82. The molecule has 0 aliphatic rings. The van der Waals surface area contributed by atoms with E-state index in [4.69, 9.17) is 10.6 Å². The highest BCUT2D eigenvalue weighted by Crippen LogP contribution is 2.25. The number of amides is 1. The Labute approximate surface area is 117 Å². The molecule has 2 rings (SSSR count). The molecule has 2 aromatic rings. The number of nitrogens with two attached hydrogens (primary N) is 1. The standard InChI is InChI=1S/C15H15N3O2/c1-11(19)18-13-6-8-14(9-7-13)20-15-5-3-2-4-12(15)10-17-16/h2-10H,16H2,1H3,(H,18,19). The lowest BCUT2D eigenvalue weighted by molar-refractivity contribution is -0.114. The molecule has 5 heteroatoms. The van der Waals surface area contributed by atoms with Crippen LogP contribution in [-0.4, -0.2) is 12.1 Å². The van der Waals surface area contributed by atoms with E-state index < -0.39 is 0 Å². The van der Waals surface area contributed by atoms with Gasteiger partial charge in [-0.1, -0.05) is 12.1 Å². The number of nitrogens with one attached hydrogen (secondary N) is 1. The van der Waals surface area contributed by atoms with Crippen LogP contribution in [0.4, 0.5) is 5.69 Å². The quantitative estimate of drug-likeness (QED) is 0.509. The average molecular weight is 269 g/mol. The second-order valence-electron chi connectivity index (χ2n) is 4.12. The molecule has 0 aromatic heterocycles. The molecule has 0 heterocycles. The number of hydrogen-bond donors (Lipinski definition) is 2. The summed E-state index contributed by atoms with van der Waals surface area (Å²) in [5, 5.41) is 6.20. The van der Waals surface area contributed by atoms with E-state index in [1.54, 1.807) is 24.3 Å². The van der Waals surface area contributed by atoms with Crippen molar-refractivity contribution in [3.8, 4) is 11.5 Å². The van der Waals surface area contributed by atoms with Crippen molar-refractivity contribution in [3.63, 3.8) is 0 Å². The Morgan fingerprint density at radius 2 is 1.90 bits per heavy atom. The first kappa shape index (κ1) is 13.6. The zero-order valence-corrected chi connectivity index (χ0v) is 11.0. The fourth-order valence-corrected chi connectivity index (χ4v) is 1.70. The summed E-state index contributed by atoms with van der Waals surface area (Å²) in [5.74, 6) is 6.38. The minimum Gasteiger partial charge on any atom is -0.457 e. The number of carbonyl (C=O) groups excluding carboxylic acids is 1. The molecule has 0 radical (unpaired) electrons. The van der Waals surface area contributed by atoms with Gasteiger partial charge >= 0.3 is 0 Å². The Morgan fingerprint density at radius 1 is 1.20 bits per heavy atom. The van der Waals surface area contributed by atoms with Crippen molar-refractivity contribution in [1.82, 2.24) is 0 Å². The molecule has 102 valence electrons. The van der Waals surface area contributed by atoms with E-state index in [-0.39, 0.29) is 5.91 Å². The molecule has 5 nitrogen and oxygen atoms in total. The van der Waals surface area contributed by atoms with Crippen LogP contribution in [0.2, 0.25) is 0 Å². The molecule has 0 fully saturated rings. The van der Waals surface area contributed by atoms with Crippen LogP contribution in [-0.2, 0) is 4.79 Å². The van der Waals surface area contributed by atoms with E-state index in [1.165, 1.54) is 13.1 Å². The van der Waals surface area contributed by atoms with Crippen LogP contribution in [0.3, 0.4) is 0 Å². The highest BCUT2D eigenvalue weighted by atomic mass is 16.5. The second kappa shape index (κ2) is 6.38. The molecule has 0 aliphatic carbocycles. The molecular weight excluding hydrogens is 254 g/mol. The topological polar surface area (TPSA) is 76.7 Å². The first-order valence-corrected chi connectivity index (χ1v) is 6.07. The van der Waals surface area contributed by atoms with Crippen molar-refractivity contribution in [2.75, 3.05) is 5.32 Å². The van der Waals surface area contributed by atoms with Gasteiger partial charge in [0, 0.05) is 18.2 Å². The van der Waals surface area contributed by atoms with Gasteiger partial charge in [-0.05, 0) is 36.4 Å². The summed E-state index contributed by atoms with van der Waals surface area (Å²) < 4.78 is 5.76. The van der Waals surface area contributed by atoms with E-state index in [0.717, 1.165) is 11.3 Å². The number of nitrogens with zero attached hydrogens (tertiary/aromatic N) is 1. The van der Waals surface area contributed by atoms with Crippen molar-refractivity contribution >= 4 is 17.8 Å². The predicted molar refractivity (Wildman–Crippen MR) is 79.0 cm³/mol. The Kier molecular flexibility index (Phi) is 4.34. The molecule has 3 N–H and O–H groups in total. The molecule has 0 spiro atoms. The molecule has 1 amide bonds. The predicted octanol–water partition coefficient (Wildman–Crippen LogP) is 2.73. The minimum atomic E-state index is -0.108. The van der Waals surface area contributed by atoms with E-state index in [1.807, 2.05) is 24.3 Å². The lowest BCUT2D eigenvalue weighted by Gasteiger charge is -2.09. The van der Waals surface area contributed by atoms with Crippen molar-refractivity contribution in [2.45, 2.75) is 6.92 Å². The number of benzene rings is 2. The van der Waals surface area contributed by atoms with Gasteiger partial charge in [-0.3, -0.25) is 4.79 Å². The van der Waals surface area contributed by atoms with E-state index in [2.05, 4.69) is 10.4 Å². The lowest BCUT2D eigenvalue weighted by Crippen LogP contribution is -2.05. The van der Waals surface area contributed by atoms with Crippen LogP contribution in [0.1, 0.15) is 12.5 Å². The monoisotopic (exact) mass is 269 g/mol. The largest absolute Gasteiger partial charge is 0.457 e. The molecule has 2 aromatic carbocycles. The number of anilines is 1. The number of hydrazone groups is 1. The Morgan fingerprint density at radius 3 is 2.55 bits per heavy atom. The number of para-hydroxylation sites is 1. The summed E-state index contributed by atoms with van der Waals surface area (Å²) in [5.41, 5.74) is 1.52. The van der Waals surface area contributed by atoms with Crippen LogP contribution >= 0.6 is 0 Å². The van der Waals surface area contributed by atoms with Gasteiger partial charge in [0.1, 0.15) is 11.5 Å². The maximum atomic E-state index is 10.9. The van der Waals surface area contributed by atoms with Crippen LogP contribution in [0.15, 0.2) is 53.6 Å². The fraction of sp³-hybridized carbons (Fsp3) is 0.0667. The zero-order valence-electron chi connectivity index (χ0n) is 11.0. The summed E-state index contributed by atoms with van der Waals surface area (Å²) in [6, 6.07) is 14.5. The molecule has 0 bridgehead atoms. The lowest BCUT2D eigenvalue weighted by atomic mass is 10.2. The van der Waals surface area contributed by atoms with Gasteiger partial charge in [-0.15, -0.1) is 0 Å². The van der Waals surface area contributed by atoms with Crippen LogP contribution < -0.4 is 15.9 Å². The van der Waals surface area contributed by atoms with Crippen LogP contribution in [0.25, 0.3) is 0 Å². The molecular formula is C15H15N3O2. The highest BCUT2D eigenvalue weighted by molar-refractivity contribution is 5.88. The zero-order chi connectivity index (χ0) is 14.4. The van der Waals surface area contributed by atoms with Crippen LogP contribution in [0, 0.1) is 0 Å².